The lowest BCUT2D eigenvalue weighted by Crippen LogP contribution is -2.39. The summed E-state index contributed by atoms with van der Waals surface area (Å²) in [6, 6.07) is 8.85. The largest absolute Gasteiger partial charge is 0.353 e. The van der Waals surface area contributed by atoms with E-state index in [1.165, 1.54) is 0 Å². The zero-order valence-corrected chi connectivity index (χ0v) is 12.4. The summed E-state index contributed by atoms with van der Waals surface area (Å²) in [5.74, 6) is -0.714. The van der Waals surface area contributed by atoms with Crippen molar-refractivity contribution in [1.29, 1.82) is 0 Å². The lowest BCUT2D eigenvalue weighted by molar-refractivity contribution is -0.119. The Labute approximate surface area is 115 Å². The molecule has 1 amide bonds. The molecular formula is C14H21NO3S. The quantitative estimate of drug-likeness (QED) is 0.865. The molecule has 0 fully saturated rings. The summed E-state index contributed by atoms with van der Waals surface area (Å²) in [5, 5.41) is 2.70. The molecule has 1 atom stereocenters. The first-order valence-electron chi connectivity index (χ1n) is 6.34. The van der Waals surface area contributed by atoms with Crippen LogP contribution in [0.5, 0.6) is 0 Å². The van der Waals surface area contributed by atoms with Gasteiger partial charge in [0, 0.05) is 6.04 Å². The molecule has 0 aliphatic rings. The average molecular weight is 283 g/mol. The molecule has 0 spiro atoms. The van der Waals surface area contributed by atoms with Crippen LogP contribution in [0.3, 0.4) is 0 Å². The highest BCUT2D eigenvalue weighted by atomic mass is 32.2. The zero-order valence-electron chi connectivity index (χ0n) is 11.6. The van der Waals surface area contributed by atoms with Crippen LogP contribution in [0.15, 0.2) is 30.3 Å². The van der Waals surface area contributed by atoms with Crippen LogP contribution < -0.4 is 5.32 Å². The minimum Gasteiger partial charge on any atom is -0.353 e. The molecule has 1 N–H and O–H groups in total. The van der Waals surface area contributed by atoms with Crippen LogP contribution in [0.25, 0.3) is 0 Å². The number of amides is 1. The lowest BCUT2D eigenvalue weighted by Gasteiger charge is -2.17. The highest BCUT2D eigenvalue weighted by Crippen LogP contribution is 2.06. The number of benzene rings is 1. The Bertz CT molecular complexity index is 509. The number of carbonyl (C=O) groups is 1. The van der Waals surface area contributed by atoms with E-state index in [2.05, 4.69) is 5.32 Å². The van der Waals surface area contributed by atoms with E-state index in [0.29, 0.717) is 5.56 Å². The van der Waals surface area contributed by atoms with Crippen LogP contribution in [-0.2, 0) is 20.4 Å². The Balaban J connectivity index is 2.58. The zero-order chi connectivity index (χ0) is 14.5. The lowest BCUT2D eigenvalue weighted by atomic mass is 10.1. The van der Waals surface area contributed by atoms with Crippen molar-refractivity contribution in [3.63, 3.8) is 0 Å². The first kappa shape index (κ1) is 15.7. The second-order valence-electron chi connectivity index (χ2n) is 5.12. The first-order chi connectivity index (χ1) is 8.80. The third kappa shape index (κ3) is 5.87. The van der Waals surface area contributed by atoms with Gasteiger partial charge in [0.2, 0.25) is 5.91 Å². The highest BCUT2D eigenvalue weighted by Gasteiger charge is 2.19. The Morgan fingerprint density at radius 1 is 1.16 bits per heavy atom. The van der Waals surface area contributed by atoms with Gasteiger partial charge in [-0.25, -0.2) is 8.42 Å². The van der Waals surface area contributed by atoms with E-state index in [9.17, 15) is 13.2 Å². The second kappa shape index (κ2) is 6.70. The van der Waals surface area contributed by atoms with Gasteiger partial charge >= 0.3 is 0 Å². The molecule has 4 nitrogen and oxygen atoms in total. The maximum Gasteiger partial charge on any atom is 0.235 e. The van der Waals surface area contributed by atoms with Crippen LogP contribution in [0.1, 0.15) is 26.3 Å². The van der Waals surface area contributed by atoms with Crippen LogP contribution >= 0.6 is 0 Å². The van der Waals surface area contributed by atoms with Crippen molar-refractivity contribution in [2.75, 3.05) is 5.75 Å². The Kier molecular flexibility index (Phi) is 5.54. The van der Waals surface area contributed by atoms with E-state index in [4.69, 9.17) is 0 Å². The fourth-order valence-electron chi connectivity index (χ4n) is 1.54. The van der Waals surface area contributed by atoms with Crippen molar-refractivity contribution in [1.82, 2.24) is 5.32 Å². The molecule has 0 aliphatic carbocycles. The molecule has 106 valence electrons. The van der Waals surface area contributed by atoms with Crippen LogP contribution in [0.4, 0.5) is 0 Å². The monoisotopic (exact) mass is 283 g/mol. The number of hydrogen-bond acceptors (Lipinski definition) is 3. The maximum absolute atomic E-state index is 11.9. The van der Waals surface area contributed by atoms with Gasteiger partial charge in [0.25, 0.3) is 0 Å². The van der Waals surface area contributed by atoms with Gasteiger partial charge in [-0.2, -0.15) is 0 Å². The van der Waals surface area contributed by atoms with Crippen molar-refractivity contribution in [3.8, 4) is 0 Å². The normalized spacial score (nSPS) is 13.3. The van der Waals surface area contributed by atoms with Gasteiger partial charge in [0.05, 0.1) is 5.75 Å². The topological polar surface area (TPSA) is 63.2 Å². The van der Waals surface area contributed by atoms with Crippen molar-refractivity contribution in [2.45, 2.75) is 32.6 Å². The van der Waals surface area contributed by atoms with E-state index in [-0.39, 0.29) is 17.7 Å². The minimum absolute atomic E-state index is 0.0283. The third-order valence-corrected chi connectivity index (χ3v) is 4.44. The van der Waals surface area contributed by atoms with E-state index in [0.717, 1.165) is 0 Å². The van der Waals surface area contributed by atoms with Crippen molar-refractivity contribution in [3.05, 3.63) is 35.9 Å². The van der Waals surface area contributed by atoms with Gasteiger partial charge < -0.3 is 5.32 Å². The Morgan fingerprint density at radius 3 is 2.26 bits per heavy atom. The summed E-state index contributed by atoms with van der Waals surface area (Å²) in [6.07, 6.45) is 0. The maximum atomic E-state index is 11.9. The van der Waals surface area contributed by atoms with Crippen molar-refractivity contribution in [2.24, 2.45) is 5.92 Å². The highest BCUT2D eigenvalue weighted by molar-refractivity contribution is 7.91. The fraction of sp³-hybridized carbons (Fsp3) is 0.500. The predicted octanol–water partition coefficient (Wildman–Crippen LogP) is 1.76. The van der Waals surface area contributed by atoms with Gasteiger partial charge in [-0.1, -0.05) is 44.2 Å². The summed E-state index contributed by atoms with van der Waals surface area (Å²) in [5.41, 5.74) is 0.701. The summed E-state index contributed by atoms with van der Waals surface area (Å²) >= 11 is 0. The molecule has 0 saturated heterocycles. The molecule has 19 heavy (non-hydrogen) atoms. The minimum atomic E-state index is -3.42. The molecule has 0 saturated carbocycles. The smallest absolute Gasteiger partial charge is 0.235 e. The molecule has 1 aromatic carbocycles. The second-order valence-corrected chi connectivity index (χ2v) is 7.18. The van der Waals surface area contributed by atoms with Gasteiger partial charge in [0.15, 0.2) is 9.84 Å². The van der Waals surface area contributed by atoms with Crippen LogP contribution in [0.2, 0.25) is 0 Å². The summed E-state index contributed by atoms with van der Waals surface area (Å²) in [7, 11) is -3.42. The molecule has 0 radical (unpaired) electrons. The molecule has 1 aromatic rings. The predicted molar refractivity (Wildman–Crippen MR) is 76.4 cm³/mol. The van der Waals surface area contributed by atoms with Crippen LogP contribution in [0, 0.1) is 5.92 Å². The first-order valence-corrected chi connectivity index (χ1v) is 8.16. The SMILES string of the molecule is CC(C)[C@H](C)NC(=O)CS(=O)(=O)Cc1ccccc1. The van der Waals surface area contributed by atoms with Gasteiger partial charge in [-0.05, 0) is 18.4 Å². The summed E-state index contributed by atoms with van der Waals surface area (Å²) in [4.78, 5) is 11.7. The third-order valence-electron chi connectivity index (χ3n) is 2.97. The molecule has 0 heterocycles. The van der Waals surface area contributed by atoms with Gasteiger partial charge in [0.1, 0.15) is 5.75 Å². The molecule has 0 bridgehead atoms. The molecular weight excluding hydrogens is 262 g/mol. The molecule has 0 aliphatic heterocycles. The standard InChI is InChI=1S/C14H21NO3S/c1-11(2)12(3)15-14(16)10-19(17,18)9-13-7-5-4-6-8-13/h4-8,11-12H,9-10H2,1-3H3,(H,15,16)/t12-/m0/s1. The number of hydrogen-bond donors (Lipinski definition) is 1. The van der Waals surface area contributed by atoms with Gasteiger partial charge in [-0.3, -0.25) is 4.79 Å². The number of rotatable bonds is 6. The molecule has 5 heteroatoms. The van der Waals surface area contributed by atoms with E-state index in [1.54, 1.807) is 24.3 Å². The fourth-order valence-corrected chi connectivity index (χ4v) is 2.83. The molecule has 0 aromatic heterocycles. The van der Waals surface area contributed by atoms with Crippen LogP contribution in [-0.4, -0.2) is 26.1 Å². The number of carbonyl (C=O) groups excluding carboxylic acids is 1. The molecule has 0 unspecified atom stereocenters. The molecule has 1 rings (SSSR count). The Morgan fingerprint density at radius 2 is 1.74 bits per heavy atom. The van der Waals surface area contributed by atoms with Gasteiger partial charge in [-0.15, -0.1) is 0 Å². The van der Waals surface area contributed by atoms with Crippen molar-refractivity contribution < 1.29 is 13.2 Å². The van der Waals surface area contributed by atoms with E-state index >= 15 is 0 Å². The summed E-state index contributed by atoms with van der Waals surface area (Å²) in [6.45, 7) is 5.82. The summed E-state index contributed by atoms with van der Waals surface area (Å²) < 4.78 is 23.8. The Hall–Kier alpha value is -1.36. The number of nitrogens with one attached hydrogen (secondary N) is 1. The average Bonchev–Trinajstić information content (AvgIpc) is 2.28. The van der Waals surface area contributed by atoms with E-state index in [1.807, 2.05) is 26.8 Å². The number of sulfone groups is 1. The van der Waals surface area contributed by atoms with E-state index < -0.39 is 21.5 Å². The van der Waals surface area contributed by atoms with Crippen molar-refractivity contribution >= 4 is 15.7 Å².